The second-order valence-corrected chi connectivity index (χ2v) is 6.93. The number of halogens is 1. The van der Waals surface area contributed by atoms with Crippen LogP contribution in [0, 0.1) is 10.1 Å². The molecule has 2 aromatic carbocycles. The van der Waals surface area contributed by atoms with Crippen LogP contribution in [0.5, 0.6) is 5.75 Å². The van der Waals surface area contributed by atoms with Gasteiger partial charge < -0.3 is 4.74 Å². The number of nitro benzene ring substituents is 1. The fourth-order valence-electron chi connectivity index (χ4n) is 3.21. The molecule has 0 bridgehead atoms. The molecular formula is C20H22ClN3O3. The summed E-state index contributed by atoms with van der Waals surface area (Å²) < 4.78 is 5.15. The smallest absolute Gasteiger partial charge is 0.295 e. The van der Waals surface area contributed by atoms with Gasteiger partial charge >= 0.3 is 0 Å². The van der Waals surface area contributed by atoms with Gasteiger partial charge in [0.25, 0.3) is 5.69 Å². The Balaban J connectivity index is 1.95. The van der Waals surface area contributed by atoms with Crippen LogP contribution in [0.15, 0.2) is 41.4 Å². The van der Waals surface area contributed by atoms with E-state index in [-0.39, 0.29) is 5.69 Å². The maximum Gasteiger partial charge on any atom is 0.295 e. The number of aliphatic imine (C=N–C) groups is 1. The minimum Gasteiger partial charge on any atom is -0.497 e. The molecule has 2 aromatic rings. The third kappa shape index (κ3) is 4.84. The number of piperidine rings is 1. The second kappa shape index (κ2) is 8.97. The third-order valence-corrected chi connectivity index (χ3v) is 5.04. The number of benzene rings is 2. The average Bonchev–Trinajstić information content (AvgIpc) is 2.69. The molecule has 0 aromatic heterocycles. The molecule has 0 N–H and O–H groups in total. The molecule has 0 unspecified atom stereocenters. The quantitative estimate of drug-likeness (QED) is 0.397. The summed E-state index contributed by atoms with van der Waals surface area (Å²) in [6, 6.07) is 10.4. The first-order chi connectivity index (χ1) is 13.1. The van der Waals surface area contributed by atoms with Crippen molar-refractivity contribution in [1.82, 2.24) is 4.90 Å². The van der Waals surface area contributed by atoms with Gasteiger partial charge in [-0.05, 0) is 61.8 Å². The summed E-state index contributed by atoms with van der Waals surface area (Å²) >= 11 is 6.41. The third-order valence-electron chi connectivity index (χ3n) is 4.69. The van der Waals surface area contributed by atoms with Crippen LogP contribution in [-0.2, 0) is 6.54 Å². The van der Waals surface area contributed by atoms with E-state index in [0.717, 1.165) is 37.2 Å². The van der Waals surface area contributed by atoms with Crippen molar-refractivity contribution in [3.8, 4) is 5.75 Å². The highest BCUT2D eigenvalue weighted by Gasteiger charge is 2.22. The summed E-state index contributed by atoms with van der Waals surface area (Å²) in [6.45, 7) is 2.51. The average molecular weight is 388 g/mol. The van der Waals surface area contributed by atoms with Gasteiger partial charge in [-0.1, -0.05) is 18.0 Å². The first-order valence-corrected chi connectivity index (χ1v) is 9.32. The predicted molar refractivity (Wildman–Crippen MR) is 107 cm³/mol. The van der Waals surface area contributed by atoms with E-state index in [0.29, 0.717) is 22.8 Å². The number of rotatable bonds is 6. The Morgan fingerprint density at radius 2 is 1.89 bits per heavy atom. The number of likely N-dealkylation sites (tertiary alicyclic amines) is 1. The van der Waals surface area contributed by atoms with E-state index in [1.54, 1.807) is 19.4 Å². The highest BCUT2D eigenvalue weighted by Crippen LogP contribution is 2.37. The lowest BCUT2D eigenvalue weighted by Crippen LogP contribution is -2.29. The van der Waals surface area contributed by atoms with E-state index in [2.05, 4.69) is 9.89 Å². The van der Waals surface area contributed by atoms with Crippen molar-refractivity contribution >= 4 is 29.2 Å². The molecule has 6 nitrogen and oxygen atoms in total. The Kier molecular flexibility index (Phi) is 6.42. The molecule has 27 heavy (non-hydrogen) atoms. The van der Waals surface area contributed by atoms with E-state index >= 15 is 0 Å². The molecular weight excluding hydrogens is 366 g/mol. The summed E-state index contributed by atoms with van der Waals surface area (Å²) in [7, 11) is 1.60. The molecule has 0 amide bonds. The highest BCUT2D eigenvalue weighted by atomic mass is 35.5. The minimum atomic E-state index is -0.406. The standard InChI is InChI=1S/C20H22ClN3O3/c1-27-16-7-5-15(6-8-16)13-22-20-17(14-23-11-3-2-4-12-23)18(21)9-10-19(20)24(25)26/h5-10,13H,2-4,11-12,14H2,1H3. The lowest BCUT2D eigenvalue weighted by molar-refractivity contribution is -0.384. The zero-order valence-corrected chi connectivity index (χ0v) is 16.0. The van der Waals surface area contributed by atoms with Gasteiger partial charge in [0.2, 0.25) is 0 Å². The summed E-state index contributed by atoms with van der Waals surface area (Å²) in [4.78, 5) is 17.9. The van der Waals surface area contributed by atoms with Gasteiger partial charge in [0.1, 0.15) is 11.4 Å². The highest BCUT2D eigenvalue weighted by molar-refractivity contribution is 6.31. The summed E-state index contributed by atoms with van der Waals surface area (Å²) in [6.07, 6.45) is 5.12. The van der Waals surface area contributed by atoms with Gasteiger partial charge in [-0.25, -0.2) is 4.99 Å². The van der Waals surface area contributed by atoms with Gasteiger partial charge in [0.05, 0.1) is 12.0 Å². The normalized spacial score (nSPS) is 15.2. The molecule has 1 aliphatic heterocycles. The Labute approximate surface area is 163 Å². The van der Waals surface area contributed by atoms with Crippen LogP contribution in [0.2, 0.25) is 5.02 Å². The molecule has 1 aliphatic rings. The molecule has 0 spiro atoms. The van der Waals surface area contributed by atoms with Crippen molar-refractivity contribution in [3.63, 3.8) is 0 Å². The first-order valence-electron chi connectivity index (χ1n) is 8.94. The van der Waals surface area contributed by atoms with Crippen molar-refractivity contribution in [3.05, 3.63) is 62.7 Å². The number of hydrogen-bond acceptors (Lipinski definition) is 5. The van der Waals surface area contributed by atoms with E-state index < -0.39 is 4.92 Å². The number of ether oxygens (including phenoxy) is 1. The molecule has 0 saturated carbocycles. The van der Waals surface area contributed by atoms with Crippen LogP contribution in [0.1, 0.15) is 30.4 Å². The monoisotopic (exact) mass is 387 g/mol. The van der Waals surface area contributed by atoms with E-state index in [1.165, 1.54) is 12.5 Å². The number of methoxy groups -OCH3 is 1. The topological polar surface area (TPSA) is 68.0 Å². The fraction of sp³-hybridized carbons (Fsp3) is 0.350. The van der Waals surface area contributed by atoms with E-state index in [4.69, 9.17) is 16.3 Å². The maximum atomic E-state index is 11.5. The van der Waals surface area contributed by atoms with Crippen molar-refractivity contribution < 1.29 is 9.66 Å². The van der Waals surface area contributed by atoms with Gasteiger partial charge in [-0.15, -0.1) is 0 Å². The molecule has 1 fully saturated rings. The second-order valence-electron chi connectivity index (χ2n) is 6.52. The van der Waals surface area contributed by atoms with Gasteiger partial charge in [0, 0.05) is 29.4 Å². The van der Waals surface area contributed by atoms with Crippen molar-refractivity contribution in [1.29, 1.82) is 0 Å². The molecule has 3 rings (SSSR count). The van der Waals surface area contributed by atoms with Crippen LogP contribution < -0.4 is 4.74 Å². The molecule has 1 heterocycles. The van der Waals surface area contributed by atoms with Gasteiger partial charge in [0.15, 0.2) is 0 Å². The summed E-state index contributed by atoms with van der Waals surface area (Å²) in [5.74, 6) is 0.742. The van der Waals surface area contributed by atoms with Crippen molar-refractivity contribution in [2.24, 2.45) is 4.99 Å². The Morgan fingerprint density at radius 1 is 1.19 bits per heavy atom. The number of nitrogens with zero attached hydrogens (tertiary/aromatic N) is 3. The summed E-state index contributed by atoms with van der Waals surface area (Å²) in [5.41, 5.74) is 1.83. The SMILES string of the molecule is COc1ccc(C=Nc2c([N+](=O)[O-])ccc(Cl)c2CN2CCCCC2)cc1. The minimum absolute atomic E-state index is 0.0313. The van der Waals surface area contributed by atoms with Gasteiger partial charge in [-0.3, -0.25) is 15.0 Å². The zero-order chi connectivity index (χ0) is 19.2. The molecule has 142 valence electrons. The van der Waals surface area contributed by atoms with E-state index in [9.17, 15) is 10.1 Å². The van der Waals surface area contributed by atoms with Crippen LogP contribution in [0.3, 0.4) is 0 Å². The Bertz CT molecular complexity index is 831. The van der Waals surface area contributed by atoms with Crippen LogP contribution in [0.4, 0.5) is 11.4 Å². The maximum absolute atomic E-state index is 11.5. The Hall–Kier alpha value is -2.44. The lowest BCUT2D eigenvalue weighted by Gasteiger charge is -2.27. The van der Waals surface area contributed by atoms with Crippen LogP contribution in [0.25, 0.3) is 0 Å². The zero-order valence-electron chi connectivity index (χ0n) is 15.2. The van der Waals surface area contributed by atoms with Crippen LogP contribution >= 0.6 is 11.6 Å². The fourth-order valence-corrected chi connectivity index (χ4v) is 3.42. The van der Waals surface area contributed by atoms with Crippen molar-refractivity contribution in [2.45, 2.75) is 25.8 Å². The molecule has 1 saturated heterocycles. The molecule has 7 heteroatoms. The number of nitro groups is 1. The van der Waals surface area contributed by atoms with Crippen LogP contribution in [-0.4, -0.2) is 36.2 Å². The lowest BCUT2D eigenvalue weighted by atomic mass is 10.1. The molecule has 0 aliphatic carbocycles. The Morgan fingerprint density at radius 3 is 2.52 bits per heavy atom. The molecule has 0 radical (unpaired) electrons. The molecule has 0 atom stereocenters. The first kappa shape index (κ1) is 19.3. The largest absolute Gasteiger partial charge is 0.497 e. The summed E-state index contributed by atoms with van der Waals surface area (Å²) in [5, 5.41) is 12.0. The van der Waals surface area contributed by atoms with E-state index in [1.807, 2.05) is 24.3 Å². The number of hydrogen-bond donors (Lipinski definition) is 0. The predicted octanol–water partition coefficient (Wildman–Crippen LogP) is 4.99. The van der Waals surface area contributed by atoms with Crippen molar-refractivity contribution in [2.75, 3.05) is 20.2 Å². The van der Waals surface area contributed by atoms with Gasteiger partial charge in [-0.2, -0.15) is 0 Å².